The molecule has 3 N–H and O–H groups in total. The van der Waals surface area contributed by atoms with Gasteiger partial charge >= 0.3 is 6.09 Å². The van der Waals surface area contributed by atoms with E-state index in [1.807, 2.05) is 44.2 Å². The van der Waals surface area contributed by atoms with Gasteiger partial charge in [0, 0.05) is 47.4 Å². The molecule has 0 spiro atoms. The summed E-state index contributed by atoms with van der Waals surface area (Å²) in [6.45, 7) is 6.94. The molecule has 3 rings (SSSR count). The Morgan fingerprint density at radius 2 is 1.84 bits per heavy atom. The van der Waals surface area contributed by atoms with Crippen LogP contribution in [0.4, 0.5) is 4.79 Å². The number of nitrogens with one attached hydrogen (secondary N) is 1. The van der Waals surface area contributed by atoms with E-state index in [0.29, 0.717) is 19.0 Å². The zero-order chi connectivity index (χ0) is 17.5. The van der Waals surface area contributed by atoms with Gasteiger partial charge in [0.05, 0.1) is 18.8 Å². The molecule has 0 aliphatic carbocycles. The first-order chi connectivity index (χ1) is 11.5. The molecule has 2 aliphatic rings. The number of nitrogens with zero attached hydrogens (tertiary/aromatic N) is 1. The first kappa shape index (κ1) is 22.1. The molecular formula is C18H30N2O4Pd. The standard InChI is InChI=1S/C13H17NO3.C5H11NO.Pd.H2/c1-10-7-14(8-12(10)15)13(16)17-9-11-5-3-2-4-6-11;1-4-2-6-3-5(4)7;;/h2-6,10,12,15H,7-9H2,1H3;4-7H,2-3H2,1H3;;1H/t10-,12-;4-,5-;;/m00../s1. The third-order valence-electron chi connectivity index (χ3n) is 4.51. The van der Waals surface area contributed by atoms with Gasteiger partial charge in [0.1, 0.15) is 6.61 Å². The Bertz CT molecular complexity index is 505. The van der Waals surface area contributed by atoms with Gasteiger partial charge in [-0.2, -0.15) is 0 Å². The van der Waals surface area contributed by atoms with Gasteiger partial charge in [0.2, 0.25) is 0 Å². The zero-order valence-electron chi connectivity index (χ0n) is 14.7. The first-order valence-electron chi connectivity index (χ1n) is 8.50. The van der Waals surface area contributed by atoms with Crippen LogP contribution >= 0.6 is 0 Å². The number of benzene rings is 1. The number of carbonyl (C=O) groups is 1. The molecule has 2 heterocycles. The average molecular weight is 445 g/mol. The third kappa shape index (κ3) is 7.04. The monoisotopic (exact) mass is 444 g/mol. The van der Waals surface area contributed by atoms with Crippen LogP contribution in [0.5, 0.6) is 0 Å². The minimum absolute atomic E-state index is 0. The number of hydrogen-bond donors (Lipinski definition) is 3. The largest absolute Gasteiger partial charge is 0.445 e. The Hall–Kier alpha value is -0.968. The van der Waals surface area contributed by atoms with Gasteiger partial charge in [0.15, 0.2) is 0 Å². The van der Waals surface area contributed by atoms with Gasteiger partial charge < -0.3 is 25.2 Å². The molecule has 2 aliphatic heterocycles. The molecule has 4 atom stereocenters. The summed E-state index contributed by atoms with van der Waals surface area (Å²) in [5.74, 6) is 0.583. The van der Waals surface area contributed by atoms with E-state index in [2.05, 4.69) is 5.32 Å². The number of aliphatic hydroxyl groups excluding tert-OH is 2. The van der Waals surface area contributed by atoms with Gasteiger partial charge in [-0.15, -0.1) is 0 Å². The fraction of sp³-hybridized carbons (Fsp3) is 0.611. The van der Waals surface area contributed by atoms with Crippen molar-refractivity contribution in [3.8, 4) is 0 Å². The summed E-state index contributed by atoms with van der Waals surface area (Å²) in [6, 6.07) is 9.56. The van der Waals surface area contributed by atoms with E-state index < -0.39 is 6.10 Å². The molecule has 1 aromatic rings. The summed E-state index contributed by atoms with van der Waals surface area (Å²) in [4.78, 5) is 13.3. The molecule has 1 aromatic carbocycles. The second-order valence-corrected chi connectivity index (χ2v) is 6.69. The van der Waals surface area contributed by atoms with Crippen LogP contribution in [0.15, 0.2) is 30.3 Å². The minimum atomic E-state index is -0.431. The molecule has 0 saturated carbocycles. The molecule has 0 bridgehead atoms. The van der Waals surface area contributed by atoms with E-state index in [9.17, 15) is 9.90 Å². The van der Waals surface area contributed by atoms with Crippen LogP contribution in [0.1, 0.15) is 20.8 Å². The normalized spacial score (nSPS) is 27.9. The quantitative estimate of drug-likeness (QED) is 0.602. The molecule has 6 nitrogen and oxygen atoms in total. The van der Waals surface area contributed by atoms with E-state index in [4.69, 9.17) is 9.84 Å². The molecule has 146 valence electrons. The van der Waals surface area contributed by atoms with Crippen molar-refractivity contribution in [2.45, 2.75) is 32.7 Å². The van der Waals surface area contributed by atoms with Crippen LogP contribution in [-0.4, -0.2) is 59.6 Å². The van der Waals surface area contributed by atoms with E-state index in [1.165, 1.54) is 0 Å². The van der Waals surface area contributed by atoms with Gasteiger partial charge in [-0.05, 0) is 11.5 Å². The maximum absolute atomic E-state index is 11.7. The number of β-amino-alcohol motifs (C(OH)–C–C–N with tert-alkyl or cyclic N) is 2. The van der Waals surface area contributed by atoms with E-state index in [1.54, 1.807) is 4.90 Å². The van der Waals surface area contributed by atoms with Crippen molar-refractivity contribution in [1.29, 1.82) is 0 Å². The Morgan fingerprint density at radius 1 is 1.16 bits per heavy atom. The summed E-state index contributed by atoms with van der Waals surface area (Å²) in [6.07, 6.45) is -0.878. The number of hydrogen-bond acceptors (Lipinski definition) is 5. The molecule has 2 saturated heterocycles. The van der Waals surface area contributed by atoms with Gasteiger partial charge in [-0.25, -0.2) is 4.79 Å². The molecule has 0 unspecified atom stereocenters. The summed E-state index contributed by atoms with van der Waals surface area (Å²) in [5.41, 5.74) is 0.966. The van der Waals surface area contributed by atoms with Crippen LogP contribution in [0.3, 0.4) is 0 Å². The molecule has 7 heteroatoms. The first-order valence-corrected chi connectivity index (χ1v) is 8.50. The summed E-state index contributed by atoms with van der Waals surface area (Å²) >= 11 is 0. The van der Waals surface area contributed by atoms with Crippen molar-refractivity contribution in [2.75, 3.05) is 26.2 Å². The van der Waals surface area contributed by atoms with Crippen LogP contribution in [-0.2, 0) is 31.8 Å². The summed E-state index contributed by atoms with van der Waals surface area (Å²) < 4.78 is 5.18. The molecule has 1 amide bonds. The number of amides is 1. The van der Waals surface area contributed by atoms with Gasteiger partial charge in [-0.1, -0.05) is 44.2 Å². The second kappa shape index (κ2) is 10.9. The van der Waals surface area contributed by atoms with E-state index in [-0.39, 0.29) is 46.6 Å². The van der Waals surface area contributed by atoms with Crippen LogP contribution < -0.4 is 5.32 Å². The Balaban J connectivity index is 0.000000592. The van der Waals surface area contributed by atoms with E-state index in [0.717, 1.165) is 18.7 Å². The van der Waals surface area contributed by atoms with Crippen molar-refractivity contribution in [3.63, 3.8) is 0 Å². The molecule has 0 aromatic heterocycles. The van der Waals surface area contributed by atoms with Crippen molar-refractivity contribution < 1.29 is 41.6 Å². The van der Waals surface area contributed by atoms with Crippen LogP contribution in [0.2, 0.25) is 0 Å². The average Bonchev–Trinajstić information content (AvgIpc) is 3.12. The van der Waals surface area contributed by atoms with Gasteiger partial charge in [0.25, 0.3) is 0 Å². The van der Waals surface area contributed by atoms with Crippen LogP contribution in [0.25, 0.3) is 0 Å². The van der Waals surface area contributed by atoms with Crippen molar-refractivity contribution in [2.24, 2.45) is 11.8 Å². The summed E-state index contributed by atoms with van der Waals surface area (Å²) in [5, 5.41) is 21.6. The maximum Gasteiger partial charge on any atom is 0.410 e. The Kier molecular flexibility index (Phi) is 9.62. The van der Waals surface area contributed by atoms with E-state index >= 15 is 0 Å². The number of rotatable bonds is 2. The fourth-order valence-corrected chi connectivity index (χ4v) is 2.71. The fourth-order valence-electron chi connectivity index (χ4n) is 2.71. The van der Waals surface area contributed by atoms with Crippen molar-refractivity contribution >= 4 is 6.09 Å². The number of likely N-dealkylation sites (tertiary alicyclic amines) is 1. The smallest absolute Gasteiger partial charge is 0.410 e. The topological polar surface area (TPSA) is 82.0 Å². The second-order valence-electron chi connectivity index (χ2n) is 6.69. The van der Waals surface area contributed by atoms with Gasteiger partial charge in [-0.3, -0.25) is 0 Å². The number of ether oxygens (including phenoxy) is 1. The SMILES string of the molecule is C[C@H]1CN(C(=O)OCc2ccccc2)C[C@@H]1O.C[C@H]1CNC[C@@H]1O.[HH].[Pd]. The van der Waals surface area contributed by atoms with Crippen molar-refractivity contribution in [1.82, 2.24) is 10.2 Å². The molecule has 25 heavy (non-hydrogen) atoms. The third-order valence-corrected chi connectivity index (χ3v) is 4.51. The van der Waals surface area contributed by atoms with Crippen molar-refractivity contribution in [3.05, 3.63) is 35.9 Å². The Labute approximate surface area is 164 Å². The summed E-state index contributed by atoms with van der Waals surface area (Å²) in [7, 11) is 0. The number of aliphatic hydroxyl groups is 2. The van der Waals surface area contributed by atoms with Crippen LogP contribution in [0, 0.1) is 11.8 Å². The maximum atomic E-state index is 11.7. The predicted molar refractivity (Wildman–Crippen MR) is 93.5 cm³/mol. The predicted octanol–water partition coefficient (Wildman–Crippen LogP) is 1.47. The Morgan fingerprint density at radius 3 is 2.28 bits per heavy atom. The zero-order valence-corrected chi connectivity index (χ0v) is 16.3. The number of carbonyl (C=O) groups excluding carboxylic acids is 1. The molecular weight excluding hydrogens is 415 g/mol. The molecule has 2 fully saturated rings. The minimum Gasteiger partial charge on any atom is -0.445 e. The molecule has 0 radical (unpaired) electrons.